The van der Waals surface area contributed by atoms with Gasteiger partial charge in [0.05, 0.1) is 17.1 Å². The molecule has 1 aromatic heterocycles. The van der Waals surface area contributed by atoms with Crippen LogP contribution in [0.15, 0.2) is 84.9 Å². The molecule has 0 amide bonds. The van der Waals surface area contributed by atoms with E-state index in [1.807, 2.05) is 12.1 Å². The molecule has 2 heterocycles. The lowest BCUT2D eigenvalue weighted by Crippen LogP contribution is -2.19. The van der Waals surface area contributed by atoms with Crippen LogP contribution in [0.4, 0.5) is 5.95 Å². The summed E-state index contributed by atoms with van der Waals surface area (Å²) in [6.45, 7) is 2.12. The average molecular weight is 337 g/mol. The van der Waals surface area contributed by atoms with E-state index in [1.54, 1.807) is 0 Å². The Morgan fingerprint density at radius 3 is 2.38 bits per heavy atom. The van der Waals surface area contributed by atoms with Crippen molar-refractivity contribution < 1.29 is 0 Å². The Kier molecular flexibility index (Phi) is 3.39. The van der Waals surface area contributed by atoms with Gasteiger partial charge in [-0.2, -0.15) is 0 Å². The van der Waals surface area contributed by atoms with Crippen LogP contribution in [0, 0.1) is 6.92 Å². The van der Waals surface area contributed by atoms with Crippen molar-refractivity contribution in [3.8, 4) is 0 Å². The second-order valence-corrected chi connectivity index (χ2v) is 6.72. The largest absolute Gasteiger partial charge is 0.325 e. The lowest BCUT2D eigenvalue weighted by Gasteiger charge is -2.26. The number of aryl methyl sites for hydroxylation is 1. The molecule has 0 bridgehead atoms. The third-order valence-corrected chi connectivity index (χ3v) is 4.95. The minimum absolute atomic E-state index is 0.106. The summed E-state index contributed by atoms with van der Waals surface area (Å²) in [5.74, 6) is 0.887. The van der Waals surface area contributed by atoms with Crippen molar-refractivity contribution in [2.45, 2.75) is 13.0 Å². The molecule has 0 unspecified atom stereocenters. The number of anilines is 1. The average Bonchev–Trinajstić information content (AvgIpc) is 3.07. The fourth-order valence-electron chi connectivity index (χ4n) is 3.60. The van der Waals surface area contributed by atoms with Crippen LogP contribution in [0.5, 0.6) is 0 Å². The molecule has 0 fully saturated rings. The van der Waals surface area contributed by atoms with Crippen molar-refractivity contribution in [2.24, 2.45) is 0 Å². The normalized spacial score (nSPS) is 16.0. The number of hydrogen-bond donors (Lipinski definition) is 1. The first kappa shape index (κ1) is 15.0. The van der Waals surface area contributed by atoms with Crippen molar-refractivity contribution in [3.63, 3.8) is 0 Å². The Bertz CT molecular complexity index is 1110. The predicted octanol–water partition coefficient (Wildman–Crippen LogP) is 5.40. The van der Waals surface area contributed by atoms with Crippen LogP contribution in [-0.4, -0.2) is 9.55 Å². The van der Waals surface area contributed by atoms with Crippen LogP contribution < -0.4 is 5.32 Å². The summed E-state index contributed by atoms with van der Waals surface area (Å²) in [4.78, 5) is 4.83. The maximum atomic E-state index is 4.83. The molecule has 1 aliphatic rings. The van der Waals surface area contributed by atoms with Gasteiger partial charge in [0.25, 0.3) is 0 Å². The molecule has 1 atom stereocenters. The van der Waals surface area contributed by atoms with Gasteiger partial charge in [0.2, 0.25) is 5.95 Å². The van der Waals surface area contributed by atoms with Crippen molar-refractivity contribution in [1.29, 1.82) is 0 Å². The molecule has 0 radical (unpaired) electrons. The lowest BCUT2D eigenvalue weighted by molar-refractivity contribution is 0.720. The zero-order chi connectivity index (χ0) is 17.5. The van der Waals surface area contributed by atoms with Gasteiger partial charge in [-0.1, -0.05) is 72.3 Å². The number of nitrogens with one attached hydrogen (secondary N) is 1. The minimum atomic E-state index is 0.106. The number of rotatable bonds is 2. The highest BCUT2D eigenvalue weighted by atomic mass is 15.2. The number of hydrogen-bond acceptors (Lipinski definition) is 2. The molecule has 0 spiro atoms. The van der Waals surface area contributed by atoms with Gasteiger partial charge in [-0.15, -0.1) is 0 Å². The maximum absolute atomic E-state index is 4.83. The number of aromatic nitrogens is 2. The van der Waals surface area contributed by atoms with Gasteiger partial charge in [-0.3, -0.25) is 4.57 Å². The van der Waals surface area contributed by atoms with Crippen molar-refractivity contribution in [2.75, 3.05) is 5.32 Å². The Morgan fingerprint density at radius 2 is 1.58 bits per heavy atom. The summed E-state index contributed by atoms with van der Waals surface area (Å²) >= 11 is 0. The molecule has 3 nitrogen and oxygen atoms in total. The predicted molar refractivity (Wildman–Crippen MR) is 107 cm³/mol. The molecular weight excluding hydrogens is 318 g/mol. The molecule has 0 saturated heterocycles. The van der Waals surface area contributed by atoms with Crippen molar-refractivity contribution in [3.05, 3.63) is 102 Å². The second kappa shape index (κ2) is 5.88. The molecule has 4 aromatic rings. The highest BCUT2D eigenvalue weighted by Crippen LogP contribution is 2.36. The van der Waals surface area contributed by atoms with E-state index in [9.17, 15) is 0 Å². The second-order valence-electron chi connectivity index (χ2n) is 6.72. The molecule has 3 aromatic carbocycles. The Labute approximate surface area is 152 Å². The number of allylic oxidation sites excluding steroid dienone is 1. The molecule has 126 valence electrons. The summed E-state index contributed by atoms with van der Waals surface area (Å²) in [6, 6.07) is 27.6. The van der Waals surface area contributed by atoms with Crippen molar-refractivity contribution in [1.82, 2.24) is 9.55 Å². The first-order valence-corrected chi connectivity index (χ1v) is 8.87. The van der Waals surface area contributed by atoms with E-state index >= 15 is 0 Å². The van der Waals surface area contributed by atoms with Crippen LogP contribution in [0.25, 0.3) is 16.7 Å². The van der Waals surface area contributed by atoms with Gasteiger partial charge in [0.15, 0.2) is 0 Å². The van der Waals surface area contributed by atoms with Gasteiger partial charge < -0.3 is 5.32 Å². The molecule has 1 aliphatic heterocycles. The zero-order valence-corrected chi connectivity index (χ0v) is 14.6. The first-order valence-electron chi connectivity index (χ1n) is 8.87. The van der Waals surface area contributed by atoms with Crippen LogP contribution in [0.3, 0.4) is 0 Å². The smallest absolute Gasteiger partial charge is 0.209 e. The first-order chi connectivity index (χ1) is 12.8. The van der Waals surface area contributed by atoms with Gasteiger partial charge in [-0.05, 0) is 36.3 Å². The number of benzene rings is 3. The van der Waals surface area contributed by atoms with Crippen molar-refractivity contribution >= 4 is 22.7 Å². The van der Waals surface area contributed by atoms with E-state index < -0.39 is 0 Å². The number of fused-ring (bicyclic) bond motifs is 3. The summed E-state index contributed by atoms with van der Waals surface area (Å²) in [6.07, 6.45) is 2.29. The SMILES string of the molecule is Cc1ccc([C@@H]2C=C(c3ccccc3)Nc3nc4ccccc4n32)cc1. The standard InChI is InChI=1S/C23H19N3/c1-16-11-13-18(14-12-16)22-15-20(17-7-3-2-4-8-17)25-23-24-19-9-5-6-10-21(19)26(22)23/h2-15,22H,1H3,(H,24,25)/t22-/m0/s1. The van der Waals surface area contributed by atoms with Gasteiger partial charge in [0, 0.05) is 5.70 Å². The summed E-state index contributed by atoms with van der Waals surface area (Å²) < 4.78 is 2.28. The monoisotopic (exact) mass is 337 g/mol. The van der Waals surface area contributed by atoms with E-state index in [0.29, 0.717) is 0 Å². The molecule has 0 saturated carbocycles. The van der Waals surface area contributed by atoms with E-state index in [4.69, 9.17) is 4.98 Å². The van der Waals surface area contributed by atoms with Gasteiger partial charge in [0.1, 0.15) is 0 Å². The Balaban J connectivity index is 1.73. The quantitative estimate of drug-likeness (QED) is 0.531. The number of nitrogens with zero attached hydrogens (tertiary/aromatic N) is 2. The topological polar surface area (TPSA) is 29.9 Å². The van der Waals surface area contributed by atoms with E-state index in [-0.39, 0.29) is 6.04 Å². The molecule has 5 rings (SSSR count). The Morgan fingerprint density at radius 1 is 0.846 bits per heavy atom. The molecule has 0 aliphatic carbocycles. The molecular formula is C23H19N3. The highest BCUT2D eigenvalue weighted by molar-refractivity contribution is 5.85. The van der Waals surface area contributed by atoms with Crippen LogP contribution in [0.2, 0.25) is 0 Å². The van der Waals surface area contributed by atoms with Gasteiger partial charge >= 0.3 is 0 Å². The Hall–Kier alpha value is -3.33. The number of imidazole rings is 1. The third-order valence-electron chi connectivity index (χ3n) is 4.95. The minimum Gasteiger partial charge on any atom is -0.325 e. The highest BCUT2D eigenvalue weighted by Gasteiger charge is 2.25. The molecule has 26 heavy (non-hydrogen) atoms. The van der Waals surface area contributed by atoms with E-state index in [2.05, 4.69) is 89.6 Å². The maximum Gasteiger partial charge on any atom is 0.209 e. The van der Waals surface area contributed by atoms with Gasteiger partial charge in [-0.25, -0.2) is 4.98 Å². The third kappa shape index (κ3) is 2.40. The van der Waals surface area contributed by atoms with Crippen LogP contribution >= 0.6 is 0 Å². The molecule has 1 N–H and O–H groups in total. The van der Waals surface area contributed by atoms with E-state index in [1.165, 1.54) is 16.7 Å². The fourth-order valence-corrected chi connectivity index (χ4v) is 3.60. The summed E-state index contributed by atoms with van der Waals surface area (Å²) in [5.41, 5.74) is 6.95. The zero-order valence-electron chi connectivity index (χ0n) is 14.6. The summed E-state index contributed by atoms with van der Waals surface area (Å²) in [5, 5.41) is 3.53. The number of para-hydroxylation sites is 2. The summed E-state index contributed by atoms with van der Waals surface area (Å²) in [7, 11) is 0. The fraction of sp³-hybridized carbons (Fsp3) is 0.0870. The van der Waals surface area contributed by atoms with E-state index in [0.717, 1.165) is 22.7 Å². The lowest BCUT2D eigenvalue weighted by atomic mass is 10.00. The van der Waals surface area contributed by atoms with Crippen LogP contribution in [0.1, 0.15) is 22.7 Å². The molecule has 3 heteroatoms. The van der Waals surface area contributed by atoms with Crippen LogP contribution in [-0.2, 0) is 0 Å².